The van der Waals surface area contributed by atoms with E-state index in [1.54, 1.807) is 24.3 Å². The van der Waals surface area contributed by atoms with Gasteiger partial charge in [-0.3, -0.25) is 14.4 Å². The minimum absolute atomic E-state index is 0.109. The Morgan fingerprint density at radius 1 is 1.30 bits per heavy atom. The van der Waals surface area contributed by atoms with Gasteiger partial charge >= 0.3 is 0 Å². The maximum atomic E-state index is 10.7. The normalized spacial score (nSPS) is 13.1. The van der Waals surface area contributed by atoms with Gasteiger partial charge in [0.05, 0.1) is 12.3 Å². The fraction of sp³-hybridized carbons (Fsp3) is 0.412. The molecule has 0 amide bonds. The van der Waals surface area contributed by atoms with Crippen LogP contribution in [-0.4, -0.2) is 35.2 Å². The largest absolute Gasteiger partial charge is 0.494 e. The second-order valence-electron chi connectivity index (χ2n) is 7.15. The summed E-state index contributed by atoms with van der Waals surface area (Å²) in [6.07, 6.45) is 1.44. The van der Waals surface area contributed by atoms with E-state index in [0.717, 1.165) is 17.9 Å². The van der Waals surface area contributed by atoms with Gasteiger partial charge in [-0.25, -0.2) is 8.72 Å². The lowest BCUT2D eigenvalue weighted by atomic mass is 9.92. The van der Waals surface area contributed by atoms with Crippen LogP contribution in [0.15, 0.2) is 24.3 Å². The average molecular weight is 412 g/mol. The maximum Gasteiger partial charge on any atom is 0.259 e. The summed E-state index contributed by atoms with van der Waals surface area (Å²) in [6, 6.07) is 6.84. The highest BCUT2D eigenvalue weighted by atomic mass is 35.5. The lowest BCUT2D eigenvalue weighted by Gasteiger charge is -2.16. The van der Waals surface area contributed by atoms with Gasteiger partial charge in [0, 0.05) is 17.5 Å². The summed E-state index contributed by atoms with van der Waals surface area (Å²) in [5.74, 6) is 1.49. The first-order valence-electron chi connectivity index (χ1n) is 8.48. The molecule has 3 aromatic rings. The number of H-pyrrole nitrogens is 1. The molecule has 10 heteroatoms. The van der Waals surface area contributed by atoms with Crippen molar-refractivity contribution in [3.05, 3.63) is 40.8 Å². The molecule has 0 radical (unpaired) electrons. The maximum absolute atomic E-state index is 10.7. The van der Waals surface area contributed by atoms with Gasteiger partial charge in [-0.05, 0) is 30.7 Å². The van der Waals surface area contributed by atoms with Crippen LogP contribution in [-0.2, 0) is 23.1 Å². The number of aryl methyl sites for hydroxylation is 1. The summed E-state index contributed by atoms with van der Waals surface area (Å²) < 4.78 is 29.4. The molecule has 1 unspecified atom stereocenters. The fourth-order valence-corrected chi connectivity index (χ4v) is 3.43. The number of aromatic amines is 1. The Kier molecular flexibility index (Phi) is 5.73. The third-order valence-electron chi connectivity index (χ3n) is 3.99. The Bertz CT molecular complexity index is 946. The molecule has 146 valence electrons. The van der Waals surface area contributed by atoms with E-state index < -0.39 is 11.3 Å². The standard InChI is InChI=1S/C17H22ClN5O3S/c1-17(2,3)15-14(18)16-20-19-13(23(16)21-15)5-4-10-26-12-8-6-11(7-9-12)22-27(24)25/h6-9,21-22H,4-5,10H2,1-3H3,(H,24,25). The van der Waals surface area contributed by atoms with E-state index >= 15 is 0 Å². The Morgan fingerprint density at radius 2 is 2.00 bits per heavy atom. The highest BCUT2D eigenvalue weighted by molar-refractivity contribution is 7.80. The summed E-state index contributed by atoms with van der Waals surface area (Å²) in [5.41, 5.74) is 2.01. The number of nitrogens with one attached hydrogen (secondary N) is 2. The predicted octanol–water partition coefficient (Wildman–Crippen LogP) is 3.57. The van der Waals surface area contributed by atoms with E-state index in [1.165, 1.54) is 0 Å². The summed E-state index contributed by atoms with van der Waals surface area (Å²) in [4.78, 5) is 0. The molecule has 1 aromatic carbocycles. The molecule has 0 fully saturated rings. The molecule has 2 aromatic heterocycles. The zero-order valence-corrected chi connectivity index (χ0v) is 16.9. The van der Waals surface area contributed by atoms with Crippen molar-refractivity contribution in [1.82, 2.24) is 19.8 Å². The molecule has 3 rings (SSSR count). The van der Waals surface area contributed by atoms with Crippen molar-refractivity contribution in [2.75, 3.05) is 11.3 Å². The van der Waals surface area contributed by atoms with Crippen LogP contribution < -0.4 is 9.46 Å². The predicted molar refractivity (Wildman–Crippen MR) is 106 cm³/mol. The van der Waals surface area contributed by atoms with E-state index in [1.807, 2.05) is 4.52 Å². The van der Waals surface area contributed by atoms with Crippen molar-refractivity contribution in [3.8, 4) is 5.75 Å². The van der Waals surface area contributed by atoms with Crippen molar-refractivity contribution in [2.24, 2.45) is 0 Å². The minimum Gasteiger partial charge on any atom is -0.494 e. The van der Waals surface area contributed by atoms with Crippen molar-refractivity contribution in [3.63, 3.8) is 0 Å². The summed E-state index contributed by atoms with van der Waals surface area (Å²) >= 11 is 4.34. The third kappa shape index (κ3) is 4.60. The molecule has 0 aliphatic heterocycles. The molecule has 0 saturated heterocycles. The van der Waals surface area contributed by atoms with Crippen LogP contribution in [0.3, 0.4) is 0 Å². The van der Waals surface area contributed by atoms with Crippen molar-refractivity contribution >= 4 is 34.2 Å². The number of rotatable bonds is 7. The van der Waals surface area contributed by atoms with E-state index in [2.05, 4.69) is 40.8 Å². The van der Waals surface area contributed by atoms with Gasteiger partial charge in [0.1, 0.15) is 10.8 Å². The van der Waals surface area contributed by atoms with Crippen LogP contribution in [0.5, 0.6) is 5.75 Å². The topological polar surface area (TPSA) is 105 Å². The third-order valence-corrected chi connectivity index (χ3v) is 4.76. The summed E-state index contributed by atoms with van der Waals surface area (Å²) in [7, 11) is 0. The first-order valence-corrected chi connectivity index (χ1v) is 9.96. The van der Waals surface area contributed by atoms with E-state index in [9.17, 15) is 4.21 Å². The average Bonchev–Trinajstić information content (AvgIpc) is 3.13. The SMILES string of the molecule is CC(C)(C)c1[nH]n2c(CCCOc3ccc(NS(=O)O)cc3)nnc2c1Cl. The summed E-state index contributed by atoms with van der Waals surface area (Å²) in [6.45, 7) is 6.77. The van der Waals surface area contributed by atoms with Gasteiger partial charge < -0.3 is 4.74 Å². The van der Waals surface area contributed by atoms with Gasteiger partial charge in [-0.1, -0.05) is 32.4 Å². The Balaban J connectivity index is 1.57. The number of ether oxygens (including phenoxy) is 1. The Labute approximate surface area is 164 Å². The minimum atomic E-state index is -2.08. The number of halogens is 1. The second-order valence-corrected chi connectivity index (χ2v) is 8.23. The van der Waals surface area contributed by atoms with Gasteiger partial charge in [-0.2, -0.15) is 0 Å². The van der Waals surface area contributed by atoms with Crippen LogP contribution in [0.2, 0.25) is 5.02 Å². The lowest BCUT2D eigenvalue weighted by molar-refractivity contribution is 0.309. The number of hydrogen-bond donors (Lipinski definition) is 3. The first kappa shape index (κ1) is 19.7. The van der Waals surface area contributed by atoms with Gasteiger partial charge in [0.25, 0.3) is 11.3 Å². The molecule has 2 heterocycles. The van der Waals surface area contributed by atoms with Gasteiger partial charge in [0.15, 0.2) is 11.5 Å². The molecule has 0 bridgehead atoms. The van der Waals surface area contributed by atoms with Crippen molar-refractivity contribution in [2.45, 2.75) is 39.0 Å². The molecule has 0 spiro atoms. The number of aromatic nitrogens is 4. The number of anilines is 1. The summed E-state index contributed by atoms with van der Waals surface area (Å²) in [5, 5.41) is 12.3. The fourth-order valence-electron chi connectivity index (χ4n) is 2.65. The van der Waals surface area contributed by atoms with Crippen LogP contribution in [0.1, 0.15) is 38.7 Å². The number of fused-ring (bicyclic) bond motifs is 1. The molecule has 3 N–H and O–H groups in total. The highest BCUT2D eigenvalue weighted by Gasteiger charge is 2.24. The molecular formula is C17H22ClN5O3S. The van der Waals surface area contributed by atoms with E-state index in [0.29, 0.717) is 35.1 Å². The quantitative estimate of drug-likeness (QED) is 0.407. The van der Waals surface area contributed by atoms with Crippen LogP contribution in [0, 0.1) is 0 Å². The Hall–Kier alpha value is -2.10. The molecule has 0 aliphatic carbocycles. The smallest absolute Gasteiger partial charge is 0.259 e. The van der Waals surface area contributed by atoms with Crippen LogP contribution in [0.25, 0.3) is 5.65 Å². The monoisotopic (exact) mass is 411 g/mol. The van der Waals surface area contributed by atoms with Crippen molar-refractivity contribution < 1.29 is 13.5 Å². The highest BCUT2D eigenvalue weighted by Crippen LogP contribution is 2.31. The number of hydrogen-bond acceptors (Lipinski definition) is 4. The molecule has 0 saturated carbocycles. The Morgan fingerprint density at radius 3 is 2.63 bits per heavy atom. The lowest BCUT2D eigenvalue weighted by Crippen LogP contribution is -2.13. The molecule has 1 atom stereocenters. The molecule has 0 aliphatic rings. The molecule has 27 heavy (non-hydrogen) atoms. The van der Waals surface area contributed by atoms with E-state index in [-0.39, 0.29) is 5.41 Å². The van der Waals surface area contributed by atoms with Gasteiger partial charge in [0.2, 0.25) is 0 Å². The first-order chi connectivity index (χ1) is 12.8. The zero-order valence-electron chi connectivity index (χ0n) is 15.3. The number of nitrogens with zero attached hydrogens (tertiary/aromatic N) is 3. The number of benzene rings is 1. The van der Waals surface area contributed by atoms with E-state index in [4.69, 9.17) is 20.9 Å². The molecular weight excluding hydrogens is 390 g/mol. The molecule has 8 nitrogen and oxygen atoms in total. The van der Waals surface area contributed by atoms with Crippen LogP contribution >= 0.6 is 11.6 Å². The zero-order chi connectivity index (χ0) is 19.6. The second kappa shape index (κ2) is 7.87. The van der Waals surface area contributed by atoms with Crippen LogP contribution in [0.4, 0.5) is 5.69 Å². The van der Waals surface area contributed by atoms with Crippen molar-refractivity contribution in [1.29, 1.82) is 0 Å². The van der Waals surface area contributed by atoms with Gasteiger partial charge in [-0.15, -0.1) is 10.2 Å².